The zero-order valence-electron chi connectivity index (χ0n) is 18.1. The normalized spacial score (nSPS) is 13.2. The predicted octanol–water partition coefficient (Wildman–Crippen LogP) is 2.45. The highest BCUT2D eigenvalue weighted by Gasteiger charge is 2.21. The maximum absolute atomic E-state index is 12.9. The number of rotatable bonds is 6. The number of methoxy groups -OCH3 is 3. The third kappa shape index (κ3) is 5.27. The van der Waals surface area contributed by atoms with Crippen LogP contribution in [-0.4, -0.2) is 64.6 Å². The van der Waals surface area contributed by atoms with E-state index in [4.69, 9.17) is 31.2 Å². The molecule has 1 heterocycles. The molecule has 1 saturated heterocycles. The van der Waals surface area contributed by atoms with Gasteiger partial charge in [0.05, 0.1) is 51.5 Å². The van der Waals surface area contributed by atoms with E-state index in [0.717, 1.165) is 5.69 Å². The molecule has 0 aromatic heterocycles. The van der Waals surface area contributed by atoms with E-state index in [1.165, 1.54) is 21.3 Å². The molecule has 0 saturated carbocycles. The van der Waals surface area contributed by atoms with Crippen molar-refractivity contribution in [1.82, 2.24) is 5.32 Å². The minimum atomic E-state index is -0.492. The fourth-order valence-electron chi connectivity index (χ4n) is 3.36. The Kier molecular flexibility index (Phi) is 7.85. The zero-order chi connectivity index (χ0) is 23.1. The van der Waals surface area contributed by atoms with Crippen molar-refractivity contribution in [1.29, 1.82) is 0 Å². The van der Waals surface area contributed by atoms with Crippen LogP contribution in [0.3, 0.4) is 0 Å². The molecule has 2 aromatic rings. The number of ether oxygens (including phenoxy) is 4. The summed E-state index contributed by atoms with van der Waals surface area (Å²) in [6.45, 7) is 2.55. The first kappa shape index (κ1) is 23.3. The fraction of sp³-hybridized carbons (Fsp3) is 0.318. The van der Waals surface area contributed by atoms with Gasteiger partial charge in [-0.1, -0.05) is 6.07 Å². The first-order valence-corrected chi connectivity index (χ1v) is 10.3. The van der Waals surface area contributed by atoms with Gasteiger partial charge in [0.25, 0.3) is 5.91 Å². The van der Waals surface area contributed by atoms with Crippen LogP contribution in [0.15, 0.2) is 36.4 Å². The quantitative estimate of drug-likeness (QED) is 0.499. The minimum absolute atomic E-state index is 0.0551. The van der Waals surface area contributed by atoms with Gasteiger partial charge in [-0.25, -0.2) is 4.79 Å². The van der Waals surface area contributed by atoms with Crippen LogP contribution in [0.1, 0.15) is 20.7 Å². The predicted molar refractivity (Wildman–Crippen MR) is 124 cm³/mol. The summed E-state index contributed by atoms with van der Waals surface area (Å²) in [5.74, 6) is -0.262. The average molecular weight is 460 g/mol. The van der Waals surface area contributed by atoms with Crippen LogP contribution < -0.4 is 25.0 Å². The van der Waals surface area contributed by atoms with Gasteiger partial charge < -0.3 is 29.2 Å². The fourth-order valence-corrected chi connectivity index (χ4v) is 3.56. The zero-order valence-corrected chi connectivity index (χ0v) is 18.9. The number of carbonyl (C=O) groups excluding carboxylic acids is 2. The maximum Gasteiger partial charge on any atom is 0.337 e. The molecule has 170 valence electrons. The lowest BCUT2D eigenvalue weighted by atomic mass is 10.1. The van der Waals surface area contributed by atoms with Crippen LogP contribution in [0.4, 0.5) is 11.4 Å². The van der Waals surface area contributed by atoms with Crippen molar-refractivity contribution < 1.29 is 28.5 Å². The lowest BCUT2D eigenvalue weighted by molar-refractivity contribution is 0.0600. The number of carbonyl (C=O) groups is 2. The van der Waals surface area contributed by atoms with Gasteiger partial charge >= 0.3 is 5.97 Å². The van der Waals surface area contributed by atoms with Crippen molar-refractivity contribution in [3.63, 3.8) is 0 Å². The molecule has 32 heavy (non-hydrogen) atoms. The molecule has 3 rings (SSSR count). The van der Waals surface area contributed by atoms with Crippen LogP contribution in [-0.2, 0) is 9.47 Å². The summed E-state index contributed by atoms with van der Waals surface area (Å²) in [6.07, 6.45) is 0. The number of morpholine rings is 1. The number of benzene rings is 2. The molecular weight excluding hydrogens is 434 g/mol. The third-order valence-electron chi connectivity index (χ3n) is 4.90. The van der Waals surface area contributed by atoms with Gasteiger partial charge in [0.2, 0.25) is 0 Å². The number of esters is 1. The monoisotopic (exact) mass is 459 g/mol. The molecule has 1 fully saturated rings. The molecule has 9 nitrogen and oxygen atoms in total. The first-order chi connectivity index (χ1) is 15.5. The molecule has 1 aliphatic rings. The van der Waals surface area contributed by atoms with E-state index in [-0.39, 0.29) is 10.7 Å². The molecule has 2 N–H and O–H groups in total. The third-order valence-corrected chi connectivity index (χ3v) is 5.10. The standard InChI is InChI=1S/C22H25N3O6S/c1-28-17-5-4-6-18(29-2)19(17)20(26)24-22(32)23-15-13-14(21(27)30-3)7-8-16(15)25-9-11-31-12-10-25/h4-8,13H,9-12H2,1-3H3,(H2,23,24,26,32). The van der Waals surface area contributed by atoms with Crippen LogP contribution >= 0.6 is 12.2 Å². The molecule has 0 atom stereocenters. The summed E-state index contributed by atoms with van der Waals surface area (Å²) < 4.78 is 20.8. The molecule has 0 bridgehead atoms. The van der Waals surface area contributed by atoms with Crippen molar-refractivity contribution in [2.75, 3.05) is 57.8 Å². The summed E-state index contributed by atoms with van der Waals surface area (Å²) in [5, 5.41) is 5.73. The van der Waals surface area contributed by atoms with Gasteiger partial charge in [0.1, 0.15) is 17.1 Å². The van der Waals surface area contributed by atoms with Crippen LogP contribution in [0.5, 0.6) is 11.5 Å². The van der Waals surface area contributed by atoms with E-state index in [2.05, 4.69) is 15.5 Å². The van der Waals surface area contributed by atoms with E-state index in [9.17, 15) is 9.59 Å². The Balaban J connectivity index is 1.85. The second kappa shape index (κ2) is 10.8. The van der Waals surface area contributed by atoms with Gasteiger partial charge in [0, 0.05) is 13.1 Å². The number of thiocarbonyl (C=S) groups is 1. The van der Waals surface area contributed by atoms with Crippen molar-refractivity contribution in [2.24, 2.45) is 0 Å². The molecule has 0 radical (unpaired) electrons. The van der Waals surface area contributed by atoms with E-state index in [1.807, 2.05) is 6.07 Å². The van der Waals surface area contributed by atoms with E-state index >= 15 is 0 Å². The maximum atomic E-state index is 12.9. The largest absolute Gasteiger partial charge is 0.496 e. The Morgan fingerprint density at radius 1 is 1.03 bits per heavy atom. The van der Waals surface area contributed by atoms with Gasteiger partial charge in [-0.2, -0.15) is 0 Å². The summed E-state index contributed by atoms with van der Waals surface area (Å²) in [6, 6.07) is 10.2. The number of nitrogens with one attached hydrogen (secondary N) is 2. The van der Waals surface area contributed by atoms with E-state index in [1.54, 1.807) is 30.3 Å². The van der Waals surface area contributed by atoms with Crippen molar-refractivity contribution >= 4 is 40.6 Å². The van der Waals surface area contributed by atoms with Crippen LogP contribution in [0.25, 0.3) is 0 Å². The van der Waals surface area contributed by atoms with E-state index in [0.29, 0.717) is 49.1 Å². The van der Waals surface area contributed by atoms with Crippen molar-refractivity contribution in [3.05, 3.63) is 47.5 Å². The number of amides is 1. The highest BCUT2D eigenvalue weighted by molar-refractivity contribution is 7.80. The van der Waals surface area contributed by atoms with Crippen LogP contribution in [0, 0.1) is 0 Å². The number of hydrogen-bond acceptors (Lipinski definition) is 8. The number of hydrogen-bond donors (Lipinski definition) is 2. The lowest BCUT2D eigenvalue weighted by Gasteiger charge is -2.31. The topological polar surface area (TPSA) is 98.4 Å². The minimum Gasteiger partial charge on any atom is -0.496 e. The van der Waals surface area contributed by atoms with Crippen molar-refractivity contribution in [3.8, 4) is 11.5 Å². The molecule has 2 aromatic carbocycles. The lowest BCUT2D eigenvalue weighted by Crippen LogP contribution is -2.38. The second-order valence-corrected chi connectivity index (χ2v) is 7.18. The summed E-state index contributed by atoms with van der Waals surface area (Å²) in [5.41, 5.74) is 1.96. The van der Waals surface area contributed by atoms with Gasteiger partial charge in [-0.3, -0.25) is 10.1 Å². The van der Waals surface area contributed by atoms with Gasteiger partial charge in [-0.15, -0.1) is 0 Å². The molecule has 0 unspecified atom stereocenters. The number of nitrogens with zero attached hydrogens (tertiary/aromatic N) is 1. The molecule has 0 spiro atoms. The van der Waals surface area contributed by atoms with Gasteiger partial charge in [0.15, 0.2) is 5.11 Å². The summed E-state index contributed by atoms with van der Waals surface area (Å²) in [4.78, 5) is 27.1. The van der Waals surface area contributed by atoms with Crippen LogP contribution in [0.2, 0.25) is 0 Å². The Hall–Kier alpha value is -3.37. The Morgan fingerprint density at radius 2 is 1.69 bits per heavy atom. The highest BCUT2D eigenvalue weighted by atomic mass is 32.1. The molecular formula is C22H25N3O6S. The second-order valence-electron chi connectivity index (χ2n) is 6.77. The molecule has 1 aliphatic heterocycles. The SMILES string of the molecule is COC(=O)c1ccc(N2CCOCC2)c(NC(=S)NC(=O)c2c(OC)cccc2OC)c1. The number of anilines is 2. The smallest absolute Gasteiger partial charge is 0.337 e. The Bertz CT molecular complexity index is 985. The highest BCUT2D eigenvalue weighted by Crippen LogP contribution is 2.30. The summed E-state index contributed by atoms with van der Waals surface area (Å²) in [7, 11) is 4.25. The Labute approximate surface area is 191 Å². The summed E-state index contributed by atoms with van der Waals surface area (Å²) >= 11 is 5.39. The Morgan fingerprint density at radius 3 is 2.28 bits per heavy atom. The van der Waals surface area contributed by atoms with E-state index < -0.39 is 11.9 Å². The van der Waals surface area contributed by atoms with Gasteiger partial charge in [-0.05, 0) is 42.5 Å². The average Bonchev–Trinajstić information content (AvgIpc) is 2.83. The van der Waals surface area contributed by atoms with Crippen molar-refractivity contribution in [2.45, 2.75) is 0 Å². The molecule has 10 heteroatoms. The molecule has 1 amide bonds. The first-order valence-electron chi connectivity index (χ1n) is 9.86. The molecule has 0 aliphatic carbocycles.